The number of ether oxygens (including phenoxy) is 1. The first-order valence-corrected chi connectivity index (χ1v) is 10.4. The average molecular weight is 406 g/mol. The summed E-state index contributed by atoms with van der Waals surface area (Å²) in [5, 5.41) is 0.755. The van der Waals surface area contributed by atoms with Gasteiger partial charge in [0.05, 0.1) is 17.6 Å². The zero-order valence-corrected chi connectivity index (χ0v) is 17.6. The maximum Gasteiger partial charge on any atom is 0.336 e. The molecule has 0 saturated heterocycles. The third-order valence-electron chi connectivity index (χ3n) is 5.40. The molecule has 2 aromatic heterocycles. The molecule has 0 N–H and O–H groups in total. The van der Waals surface area contributed by atoms with Crippen molar-refractivity contribution in [1.29, 1.82) is 0 Å². The Hall–Kier alpha value is -3.15. The van der Waals surface area contributed by atoms with Crippen LogP contribution in [0.3, 0.4) is 0 Å². The van der Waals surface area contributed by atoms with Gasteiger partial charge in [0.1, 0.15) is 11.3 Å². The van der Waals surface area contributed by atoms with Crippen molar-refractivity contribution < 1.29 is 13.9 Å². The van der Waals surface area contributed by atoms with E-state index in [-0.39, 0.29) is 17.6 Å². The van der Waals surface area contributed by atoms with Gasteiger partial charge in [-0.25, -0.2) is 4.79 Å². The van der Waals surface area contributed by atoms with Crippen LogP contribution in [0.5, 0.6) is 5.75 Å². The number of hydrogen-bond acceptors (Lipinski definition) is 5. The SMILES string of the molecule is CCc1cc(=O)oc2cc(C)cc(OC(C)C(=O)N(Cc3ccccn3)C3CC3)c12. The first-order chi connectivity index (χ1) is 14.5. The summed E-state index contributed by atoms with van der Waals surface area (Å²) in [5.74, 6) is 0.508. The number of rotatable bonds is 7. The zero-order valence-electron chi connectivity index (χ0n) is 17.6. The predicted octanol–water partition coefficient (Wildman–Crippen LogP) is 4.02. The number of nitrogens with zero attached hydrogens (tertiary/aromatic N) is 2. The smallest absolute Gasteiger partial charge is 0.336 e. The van der Waals surface area contributed by atoms with Crippen LogP contribution < -0.4 is 10.4 Å². The van der Waals surface area contributed by atoms with E-state index in [1.165, 1.54) is 6.07 Å². The second kappa shape index (κ2) is 8.30. The lowest BCUT2D eigenvalue weighted by molar-refractivity contribution is -0.139. The van der Waals surface area contributed by atoms with Gasteiger partial charge in [0.2, 0.25) is 0 Å². The molecule has 6 nitrogen and oxygen atoms in total. The van der Waals surface area contributed by atoms with E-state index < -0.39 is 6.10 Å². The van der Waals surface area contributed by atoms with Gasteiger partial charge in [0.15, 0.2) is 6.10 Å². The highest BCUT2D eigenvalue weighted by atomic mass is 16.5. The van der Waals surface area contributed by atoms with Crippen LogP contribution in [0, 0.1) is 6.92 Å². The highest BCUT2D eigenvalue weighted by molar-refractivity contribution is 5.88. The Labute approximate surface area is 175 Å². The summed E-state index contributed by atoms with van der Waals surface area (Å²) in [7, 11) is 0. The van der Waals surface area contributed by atoms with E-state index in [9.17, 15) is 9.59 Å². The molecule has 30 heavy (non-hydrogen) atoms. The molecule has 0 aliphatic heterocycles. The van der Waals surface area contributed by atoms with Gasteiger partial charge >= 0.3 is 5.63 Å². The third-order valence-corrected chi connectivity index (χ3v) is 5.40. The summed E-state index contributed by atoms with van der Waals surface area (Å²) in [6, 6.07) is 11.2. The molecule has 1 fully saturated rings. The van der Waals surface area contributed by atoms with Crippen LogP contribution in [0.25, 0.3) is 11.0 Å². The highest BCUT2D eigenvalue weighted by Crippen LogP contribution is 2.33. The molecule has 2 heterocycles. The van der Waals surface area contributed by atoms with E-state index >= 15 is 0 Å². The molecule has 3 aromatic rings. The number of fused-ring (bicyclic) bond motifs is 1. The Morgan fingerprint density at radius 3 is 2.77 bits per heavy atom. The minimum atomic E-state index is -0.670. The fourth-order valence-corrected chi connectivity index (χ4v) is 3.76. The van der Waals surface area contributed by atoms with Crippen molar-refractivity contribution in [1.82, 2.24) is 9.88 Å². The van der Waals surface area contributed by atoms with E-state index in [1.54, 1.807) is 13.1 Å². The molecule has 0 radical (unpaired) electrons. The molecule has 1 saturated carbocycles. The van der Waals surface area contributed by atoms with Crippen molar-refractivity contribution in [2.24, 2.45) is 0 Å². The van der Waals surface area contributed by atoms with Crippen LogP contribution in [0.2, 0.25) is 0 Å². The lowest BCUT2D eigenvalue weighted by Gasteiger charge is -2.26. The Kier molecular flexibility index (Phi) is 5.57. The van der Waals surface area contributed by atoms with Crippen LogP contribution >= 0.6 is 0 Å². The van der Waals surface area contributed by atoms with Gasteiger partial charge < -0.3 is 14.1 Å². The molecule has 1 aliphatic carbocycles. The van der Waals surface area contributed by atoms with E-state index in [0.29, 0.717) is 24.3 Å². The van der Waals surface area contributed by atoms with E-state index in [2.05, 4.69) is 4.98 Å². The molecule has 0 spiro atoms. The number of aryl methyl sites for hydroxylation is 2. The monoisotopic (exact) mass is 406 g/mol. The van der Waals surface area contributed by atoms with Crippen molar-refractivity contribution in [3.63, 3.8) is 0 Å². The molecule has 1 unspecified atom stereocenters. The normalized spacial score (nSPS) is 14.5. The number of hydrogen-bond donors (Lipinski definition) is 0. The first-order valence-electron chi connectivity index (χ1n) is 10.4. The minimum absolute atomic E-state index is 0.0618. The Morgan fingerprint density at radius 1 is 1.30 bits per heavy atom. The standard InChI is InChI=1S/C24H26N2O4/c1-4-17-13-22(27)30-21-12-15(2)11-20(23(17)21)29-16(3)24(28)26(19-8-9-19)14-18-7-5-6-10-25-18/h5-7,10-13,16,19H,4,8-9,14H2,1-3H3. The lowest BCUT2D eigenvalue weighted by atomic mass is 10.0. The number of pyridine rings is 1. The fraction of sp³-hybridized carbons (Fsp3) is 0.375. The first kappa shape index (κ1) is 20.1. The third kappa shape index (κ3) is 4.22. The molecule has 0 bridgehead atoms. The van der Waals surface area contributed by atoms with Crippen molar-refractivity contribution in [3.8, 4) is 5.75 Å². The molecule has 1 atom stereocenters. The van der Waals surface area contributed by atoms with Crippen LogP contribution in [0.1, 0.15) is 43.5 Å². The second-order valence-corrected chi connectivity index (χ2v) is 7.86. The average Bonchev–Trinajstić information content (AvgIpc) is 3.56. The second-order valence-electron chi connectivity index (χ2n) is 7.86. The molecule has 4 rings (SSSR count). The van der Waals surface area contributed by atoms with Gasteiger partial charge in [0.25, 0.3) is 5.91 Å². The van der Waals surface area contributed by atoms with E-state index in [4.69, 9.17) is 9.15 Å². The lowest BCUT2D eigenvalue weighted by Crippen LogP contribution is -2.41. The van der Waals surface area contributed by atoms with Gasteiger partial charge in [-0.1, -0.05) is 13.0 Å². The molecule has 156 valence electrons. The van der Waals surface area contributed by atoms with Crippen LogP contribution in [0.15, 0.2) is 51.8 Å². The summed E-state index contributed by atoms with van der Waals surface area (Å²) in [4.78, 5) is 31.4. The maximum absolute atomic E-state index is 13.3. The predicted molar refractivity (Wildman–Crippen MR) is 114 cm³/mol. The summed E-state index contributed by atoms with van der Waals surface area (Å²) in [6.07, 6.45) is 3.74. The molecular weight excluding hydrogens is 380 g/mol. The quantitative estimate of drug-likeness (QED) is 0.554. The van der Waals surface area contributed by atoms with Crippen molar-refractivity contribution >= 4 is 16.9 Å². The van der Waals surface area contributed by atoms with Gasteiger partial charge in [-0.2, -0.15) is 0 Å². The Morgan fingerprint density at radius 2 is 2.10 bits per heavy atom. The number of amides is 1. The van der Waals surface area contributed by atoms with Gasteiger partial charge in [-0.15, -0.1) is 0 Å². The summed E-state index contributed by atoms with van der Waals surface area (Å²) in [6.45, 7) is 6.14. The molecule has 1 amide bonds. The van der Waals surface area contributed by atoms with Gasteiger partial charge in [-0.3, -0.25) is 9.78 Å². The van der Waals surface area contributed by atoms with Crippen LogP contribution in [0.4, 0.5) is 0 Å². The van der Waals surface area contributed by atoms with E-state index in [1.807, 2.05) is 49.1 Å². The Balaban J connectivity index is 1.62. The summed E-state index contributed by atoms with van der Waals surface area (Å²) in [5.41, 5.74) is 2.72. The number of carbonyl (C=O) groups is 1. The molecular formula is C24H26N2O4. The number of carbonyl (C=O) groups excluding carboxylic acids is 1. The van der Waals surface area contributed by atoms with Crippen molar-refractivity contribution in [2.75, 3.05) is 0 Å². The number of benzene rings is 1. The van der Waals surface area contributed by atoms with E-state index in [0.717, 1.165) is 35.0 Å². The van der Waals surface area contributed by atoms with Gasteiger partial charge in [-0.05, 0) is 68.5 Å². The minimum Gasteiger partial charge on any atom is -0.480 e. The Bertz CT molecular complexity index is 1120. The summed E-state index contributed by atoms with van der Waals surface area (Å²) >= 11 is 0. The van der Waals surface area contributed by atoms with Crippen LogP contribution in [-0.4, -0.2) is 27.9 Å². The molecule has 1 aliphatic rings. The maximum atomic E-state index is 13.3. The molecule has 1 aromatic carbocycles. The topological polar surface area (TPSA) is 72.6 Å². The fourth-order valence-electron chi connectivity index (χ4n) is 3.76. The number of aromatic nitrogens is 1. The van der Waals surface area contributed by atoms with Crippen molar-refractivity contribution in [2.45, 2.75) is 58.7 Å². The zero-order chi connectivity index (χ0) is 21.3. The highest BCUT2D eigenvalue weighted by Gasteiger charge is 2.35. The molecule has 6 heteroatoms. The largest absolute Gasteiger partial charge is 0.480 e. The van der Waals surface area contributed by atoms with Gasteiger partial charge in [0, 0.05) is 18.3 Å². The summed E-state index contributed by atoms with van der Waals surface area (Å²) < 4.78 is 11.6. The van der Waals surface area contributed by atoms with Crippen LogP contribution in [-0.2, 0) is 17.8 Å². The van der Waals surface area contributed by atoms with Crippen molar-refractivity contribution in [3.05, 3.63) is 69.8 Å².